The molecule has 0 aromatic carbocycles. The number of hydrogen-bond donors (Lipinski definition) is 0. The topological polar surface area (TPSA) is 132 Å². The number of carbonyl (C=O) groups is 5. The fourth-order valence-electron chi connectivity index (χ4n) is 4.43. The van der Waals surface area contributed by atoms with Crippen LogP contribution in [0.2, 0.25) is 0 Å². The van der Waals surface area contributed by atoms with Gasteiger partial charge in [0.25, 0.3) is 0 Å². The monoisotopic (exact) mass is 566 g/mol. The van der Waals surface area contributed by atoms with Crippen LogP contribution in [-0.2, 0) is 47.7 Å². The lowest BCUT2D eigenvalue weighted by Crippen LogP contribution is -2.45. The van der Waals surface area contributed by atoms with E-state index in [4.69, 9.17) is 18.9 Å². The average molecular weight is 567 g/mol. The minimum absolute atomic E-state index is 0.0425. The van der Waals surface area contributed by atoms with Gasteiger partial charge < -0.3 is 23.7 Å². The number of ketones is 1. The highest BCUT2D eigenvalue weighted by Gasteiger charge is 2.53. The van der Waals surface area contributed by atoms with E-state index in [2.05, 4.69) is 17.9 Å². The van der Waals surface area contributed by atoms with Gasteiger partial charge in [0.1, 0.15) is 6.10 Å². The second kappa shape index (κ2) is 18.4. The zero-order valence-corrected chi connectivity index (χ0v) is 24.6. The van der Waals surface area contributed by atoms with Crippen molar-refractivity contribution >= 4 is 29.7 Å². The summed E-state index contributed by atoms with van der Waals surface area (Å²) in [7, 11) is 0. The maximum atomic E-state index is 11.6. The van der Waals surface area contributed by atoms with Crippen LogP contribution in [0.5, 0.6) is 0 Å². The normalized spacial score (nSPS) is 24.6. The summed E-state index contributed by atoms with van der Waals surface area (Å²) in [4.78, 5) is 55.0. The summed E-state index contributed by atoms with van der Waals surface area (Å²) in [6.07, 6.45) is 8.54. The number of ether oxygens (including phenoxy) is 5. The molecule has 4 fully saturated rings. The molecular formula is C30H46O10. The highest BCUT2D eigenvalue weighted by molar-refractivity contribution is 5.91. The van der Waals surface area contributed by atoms with Crippen molar-refractivity contribution in [3.63, 3.8) is 0 Å². The second-order valence-corrected chi connectivity index (χ2v) is 10.3. The number of rotatable bonds is 5. The maximum absolute atomic E-state index is 11.6. The molecule has 3 unspecified atom stereocenters. The largest absolute Gasteiger partial charge is 0.466 e. The van der Waals surface area contributed by atoms with Crippen LogP contribution in [0, 0.1) is 0 Å². The van der Waals surface area contributed by atoms with Gasteiger partial charge in [-0.3, -0.25) is 14.4 Å². The fourth-order valence-corrected chi connectivity index (χ4v) is 4.43. The molecule has 0 aromatic rings. The van der Waals surface area contributed by atoms with Crippen molar-refractivity contribution in [1.29, 1.82) is 0 Å². The van der Waals surface area contributed by atoms with Gasteiger partial charge >= 0.3 is 23.9 Å². The molecule has 0 aromatic heterocycles. The summed E-state index contributed by atoms with van der Waals surface area (Å²) >= 11 is 0. The van der Waals surface area contributed by atoms with Crippen LogP contribution >= 0.6 is 0 Å². The van der Waals surface area contributed by atoms with Crippen molar-refractivity contribution in [2.75, 3.05) is 19.8 Å². The van der Waals surface area contributed by atoms with E-state index < -0.39 is 23.6 Å². The highest BCUT2D eigenvalue weighted by atomic mass is 16.6. The summed E-state index contributed by atoms with van der Waals surface area (Å²) < 4.78 is 25.0. The lowest BCUT2D eigenvalue weighted by Gasteiger charge is -2.35. The van der Waals surface area contributed by atoms with E-state index in [0.717, 1.165) is 45.3 Å². The molecule has 2 saturated carbocycles. The number of hydrogen-bond acceptors (Lipinski definition) is 10. The molecule has 226 valence electrons. The van der Waals surface area contributed by atoms with Crippen LogP contribution in [0.25, 0.3) is 0 Å². The molecular weight excluding hydrogens is 520 g/mol. The van der Waals surface area contributed by atoms with E-state index in [-0.39, 0.29) is 30.2 Å². The molecule has 0 amide bonds. The van der Waals surface area contributed by atoms with E-state index in [0.29, 0.717) is 37.0 Å². The standard InChI is InChI=1S/C12H16O4.C10H14O3.C4H8O2.C4H8O/c1-8(2)11(14)16-12-6-4-3-5-9(12)15-10(13)7-12;1-7(2)10(12)13-9-6-4-3-5-8(9)11;1-3-6-4(2)5;1-2-4-5-3-1/h9H,1,3-7H2,2H3;9H,1,3-6H2,2H3;3H2,1-2H3;1-4H2. The molecule has 10 heteroatoms. The molecule has 4 aliphatic rings. The third-order valence-corrected chi connectivity index (χ3v) is 6.54. The third-order valence-electron chi connectivity index (χ3n) is 6.54. The number of esters is 4. The van der Waals surface area contributed by atoms with Crippen molar-refractivity contribution in [2.45, 2.75) is 116 Å². The summed E-state index contributed by atoms with van der Waals surface area (Å²) in [5.74, 6) is -1.31. The Labute approximate surface area is 237 Å². The zero-order chi connectivity index (χ0) is 30.1. The van der Waals surface area contributed by atoms with Crippen LogP contribution in [-0.4, -0.2) is 67.3 Å². The van der Waals surface area contributed by atoms with Gasteiger partial charge in [0, 0.05) is 37.7 Å². The molecule has 2 heterocycles. The van der Waals surface area contributed by atoms with Gasteiger partial charge in [0.05, 0.1) is 13.0 Å². The van der Waals surface area contributed by atoms with Crippen LogP contribution in [0.15, 0.2) is 24.3 Å². The Morgan fingerprint density at radius 1 is 0.900 bits per heavy atom. The second-order valence-electron chi connectivity index (χ2n) is 10.3. The predicted octanol–water partition coefficient (Wildman–Crippen LogP) is 4.72. The Kier molecular flexibility index (Phi) is 16.1. The van der Waals surface area contributed by atoms with Crippen LogP contribution in [0.3, 0.4) is 0 Å². The van der Waals surface area contributed by atoms with E-state index in [1.807, 2.05) is 0 Å². The van der Waals surface area contributed by atoms with Gasteiger partial charge in [-0.2, -0.15) is 0 Å². The smallest absolute Gasteiger partial charge is 0.333 e. The molecule has 4 rings (SSSR count). The van der Waals surface area contributed by atoms with Gasteiger partial charge in [-0.15, -0.1) is 0 Å². The molecule has 3 atom stereocenters. The maximum Gasteiger partial charge on any atom is 0.333 e. The molecule has 2 aliphatic carbocycles. The van der Waals surface area contributed by atoms with Crippen molar-refractivity contribution in [3.05, 3.63) is 24.3 Å². The SMILES string of the molecule is C1CCOC1.C=C(C)C(=O)OC12CCCCC1OC(=O)C2.C=C(C)C(=O)OC1CCCCC1=O.CCOC(C)=O. The quantitative estimate of drug-likeness (QED) is 0.262. The van der Waals surface area contributed by atoms with Gasteiger partial charge in [-0.25, -0.2) is 9.59 Å². The Morgan fingerprint density at radius 3 is 2.00 bits per heavy atom. The van der Waals surface area contributed by atoms with E-state index >= 15 is 0 Å². The van der Waals surface area contributed by atoms with Gasteiger partial charge in [0.2, 0.25) is 0 Å². The van der Waals surface area contributed by atoms with Crippen molar-refractivity contribution in [2.24, 2.45) is 0 Å². The molecule has 40 heavy (non-hydrogen) atoms. The van der Waals surface area contributed by atoms with Crippen molar-refractivity contribution in [1.82, 2.24) is 0 Å². The lowest BCUT2D eigenvalue weighted by molar-refractivity contribution is -0.166. The van der Waals surface area contributed by atoms with Crippen LogP contribution in [0.1, 0.15) is 98.3 Å². The Bertz CT molecular complexity index is 897. The minimum atomic E-state index is -0.717. The first-order chi connectivity index (χ1) is 18.9. The number of carbonyl (C=O) groups excluding carboxylic acids is 5. The first-order valence-corrected chi connectivity index (χ1v) is 14.1. The van der Waals surface area contributed by atoms with Gasteiger partial charge in [0.15, 0.2) is 17.5 Å². The molecule has 10 nitrogen and oxygen atoms in total. The van der Waals surface area contributed by atoms with Gasteiger partial charge in [-0.1, -0.05) is 13.2 Å². The van der Waals surface area contributed by atoms with E-state index in [1.54, 1.807) is 20.8 Å². The van der Waals surface area contributed by atoms with Crippen LogP contribution < -0.4 is 0 Å². The molecule has 0 N–H and O–H groups in total. The zero-order valence-electron chi connectivity index (χ0n) is 24.6. The van der Waals surface area contributed by atoms with Crippen LogP contribution in [0.4, 0.5) is 0 Å². The number of fused-ring (bicyclic) bond motifs is 1. The summed E-state index contributed by atoms with van der Waals surface area (Å²) in [6, 6.07) is 0. The average Bonchev–Trinajstić information content (AvgIpc) is 3.57. The molecule has 0 bridgehead atoms. The molecule has 2 aliphatic heterocycles. The van der Waals surface area contributed by atoms with Crippen molar-refractivity contribution in [3.8, 4) is 0 Å². The first kappa shape index (κ1) is 35.0. The van der Waals surface area contributed by atoms with Gasteiger partial charge in [-0.05, 0) is 78.6 Å². The summed E-state index contributed by atoms with van der Waals surface area (Å²) in [6.45, 7) is 15.8. The predicted molar refractivity (Wildman–Crippen MR) is 147 cm³/mol. The molecule has 0 radical (unpaired) electrons. The Balaban J connectivity index is 0.000000296. The lowest BCUT2D eigenvalue weighted by atomic mass is 9.81. The summed E-state index contributed by atoms with van der Waals surface area (Å²) in [5, 5.41) is 0. The molecule has 2 saturated heterocycles. The molecule has 0 spiro atoms. The Morgan fingerprint density at radius 2 is 1.52 bits per heavy atom. The third kappa shape index (κ3) is 12.9. The van der Waals surface area contributed by atoms with Crippen molar-refractivity contribution < 1.29 is 47.7 Å². The number of Topliss-reactive ketones (excluding diaryl/α,β-unsaturated/α-hetero) is 1. The summed E-state index contributed by atoms with van der Waals surface area (Å²) in [5.41, 5.74) is -0.0119. The minimum Gasteiger partial charge on any atom is -0.466 e. The highest BCUT2D eigenvalue weighted by Crippen LogP contribution is 2.42. The fraction of sp³-hybridized carbons (Fsp3) is 0.700. The van der Waals surface area contributed by atoms with E-state index in [9.17, 15) is 24.0 Å². The Hall–Kier alpha value is -3.01. The van der Waals surface area contributed by atoms with E-state index in [1.165, 1.54) is 19.8 Å². The first-order valence-electron chi connectivity index (χ1n) is 14.1.